The molecule has 3 amide bonds. The van der Waals surface area contributed by atoms with Gasteiger partial charge < -0.3 is 16.0 Å². The number of carbonyl (C=O) groups is 3. The minimum Gasteiger partial charge on any atom is -0.325 e. The lowest BCUT2D eigenvalue weighted by Crippen LogP contribution is -2.30. The Bertz CT molecular complexity index is 1660. The van der Waals surface area contributed by atoms with Gasteiger partial charge in [-0.05, 0) is 78.4 Å². The molecule has 10 nitrogen and oxygen atoms in total. The molecule has 4 aromatic rings. The summed E-state index contributed by atoms with van der Waals surface area (Å²) in [7, 11) is -3.81. The van der Waals surface area contributed by atoms with Crippen molar-refractivity contribution in [3.63, 3.8) is 0 Å². The molecular weight excluding hydrogens is 562 g/mol. The lowest BCUT2D eigenvalue weighted by Gasteiger charge is -2.12. The molecule has 0 fully saturated rings. The zero-order valence-electron chi connectivity index (χ0n) is 21.5. The number of primary sulfonamides is 1. The highest BCUT2D eigenvalue weighted by Crippen LogP contribution is 2.21. The van der Waals surface area contributed by atoms with Gasteiger partial charge in [-0.2, -0.15) is 0 Å². The second-order valence-corrected chi connectivity index (χ2v) is 11.2. The van der Waals surface area contributed by atoms with Gasteiger partial charge in [0.25, 0.3) is 11.8 Å². The number of carbonyl (C=O) groups excluding carboxylic acids is 3. The summed E-state index contributed by atoms with van der Waals surface area (Å²) in [5.74, 6) is -1.13. The fraction of sp³-hybridized carbons (Fsp3) is 0.0345. The number of pyridine rings is 1. The maximum absolute atomic E-state index is 13.1. The lowest BCUT2D eigenvalue weighted by molar-refractivity contribution is -0.114. The molecule has 0 aliphatic rings. The number of anilines is 2. The molecule has 1 heterocycles. The molecule has 0 aliphatic heterocycles. The third kappa shape index (κ3) is 8.86. The van der Waals surface area contributed by atoms with E-state index in [1.807, 2.05) is 0 Å². The summed E-state index contributed by atoms with van der Waals surface area (Å²) >= 11 is 1.28. The molecule has 0 saturated heterocycles. The van der Waals surface area contributed by atoms with Crippen LogP contribution < -0.4 is 21.1 Å². The van der Waals surface area contributed by atoms with Crippen LogP contribution in [0.3, 0.4) is 0 Å². The largest absolute Gasteiger partial charge is 0.325 e. The molecule has 0 saturated carbocycles. The molecule has 208 valence electrons. The Labute approximate surface area is 241 Å². The molecule has 0 bridgehead atoms. The van der Waals surface area contributed by atoms with Crippen LogP contribution in [0.25, 0.3) is 6.08 Å². The molecule has 0 unspecified atom stereocenters. The van der Waals surface area contributed by atoms with E-state index in [1.54, 1.807) is 79.1 Å². The van der Waals surface area contributed by atoms with Gasteiger partial charge in [0.15, 0.2) is 0 Å². The van der Waals surface area contributed by atoms with E-state index in [2.05, 4.69) is 20.9 Å². The number of nitrogens with one attached hydrogen (secondary N) is 3. The minimum absolute atomic E-state index is 0.0408. The molecule has 0 spiro atoms. The lowest BCUT2D eigenvalue weighted by atomic mass is 10.2. The van der Waals surface area contributed by atoms with Gasteiger partial charge in [0, 0.05) is 34.2 Å². The number of amides is 3. The van der Waals surface area contributed by atoms with Gasteiger partial charge in [0.1, 0.15) is 5.70 Å². The summed E-state index contributed by atoms with van der Waals surface area (Å²) < 4.78 is 22.7. The van der Waals surface area contributed by atoms with Gasteiger partial charge in [0.05, 0.1) is 10.6 Å². The standard InChI is InChI=1S/C29H25N5O5S2/c30-41(38,39)25-14-10-22(11-15-25)32-27(35)19-40-24-12-8-23(9-13-24)33-29(37)26(17-20-5-4-16-31-18-20)34-28(36)21-6-2-1-3-7-21/h1-18H,19H2,(H,32,35)(H,33,37)(H,34,36)(H2,30,38,39)/b26-17-. The highest BCUT2D eigenvalue weighted by atomic mass is 32.2. The Morgan fingerprint density at radius 3 is 2.12 bits per heavy atom. The first-order valence-corrected chi connectivity index (χ1v) is 14.7. The van der Waals surface area contributed by atoms with Crippen molar-refractivity contribution in [3.05, 3.63) is 120 Å². The van der Waals surface area contributed by atoms with Crippen molar-refractivity contribution >= 4 is 57.0 Å². The van der Waals surface area contributed by atoms with Crippen LogP contribution in [-0.4, -0.2) is 36.9 Å². The average Bonchev–Trinajstić information content (AvgIpc) is 2.97. The fourth-order valence-corrected chi connectivity index (χ4v) is 4.69. The van der Waals surface area contributed by atoms with Crippen LogP contribution in [-0.2, 0) is 19.6 Å². The van der Waals surface area contributed by atoms with Crippen LogP contribution in [0.1, 0.15) is 15.9 Å². The summed E-state index contributed by atoms with van der Waals surface area (Å²) in [6, 6.07) is 24.5. The molecule has 4 rings (SSSR count). The molecule has 41 heavy (non-hydrogen) atoms. The third-order valence-electron chi connectivity index (χ3n) is 5.47. The molecule has 0 atom stereocenters. The van der Waals surface area contributed by atoms with Crippen LogP contribution in [0.2, 0.25) is 0 Å². The summed E-state index contributed by atoms with van der Waals surface area (Å²) in [6.45, 7) is 0. The van der Waals surface area contributed by atoms with Crippen molar-refractivity contribution < 1.29 is 22.8 Å². The van der Waals surface area contributed by atoms with Crippen LogP contribution in [0.15, 0.2) is 119 Å². The zero-order chi connectivity index (χ0) is 29.2. The molecule has 5 N–H and O–H groups in total. The first-order chi connectivity index (χ1) is 19.7. The second-order valence-electron chi connectivity index (χ2n) is 8.55. The van der Waals surface area contributed by atoms with E-state index >= 15 is 0 Å². The van der Waals surface area contributed by atoms with Crippen LogP contribution in [0, 0.1) is 0 Å². The van der Waals surface area contributed by atoms with E-state index in [0.717, 1.165) is 4.90 Å². The Morgan fingerprint density at radius 1 is 0.829 bits per heavy atom. The van der Waals surface area contributed by atoms with Crippen molar-refractivity contribution in [3.8, 4) is 0 Å². The molecular formula is C29H25N5O5S2. The average molecular weight is 588 g/mol. The number of rotatable bonds is 10. The maximum atomic E-state index is 13.1. The van der Waals surface area contributed by atoms with E-state index in [0.29, 0.717) is 22.5 Å². The third-order valence-corrected chi connectivity index (χ3v) is 7.41. The van der Waals surface area contributed by atoms with Crippen LogP contribution >= 0.6 is 11.8 Å². The molecule has 12 heteroatoms. The molecule has 1 aromatic heterocycles. The number of hydrogen-bond donors (Lipinski definition) is 4. The number of hydrogen-bond acceptors (Lipinski definition) is 7. The number of nitrogens with two attached hydrogens (primary N) is 1. The summed E-state index contributed by atoms with van der Waals surface area (Å²) in [4.78, 5) is 43.0. The predicted octanol–water partition coefficient (Wildman–Crippen LogP) is 3.87. The number of aromatic nitrogens is 1. The monoisotopic (exact) mass is 587 g/mol. The van der Waals surface area contributed by atoms with Crippen molar-refractivity contribution in [2.24, 2.45) is 5.14 Å². The number of nitrogens with zero attached hydrogens (tertiary/aromatic N) is 1. The highest BCUT2D eigenvalue weighted by molar-refractivity contribution is 8.00. The van der Waals surface area contributed by atoms with Gasteiger partial charge >= 0.3 is 0 Å². The Balaban J connectivity index is 1.36. The van der Waals surface area contributed by atoms with Gasteiger partial charge in [-0.1, -0.05) is 24.3 Å². The zero-order valence-corrected chi connectivity index (χ0v) is 23.1. The summed E-state index contributed by atoms with van der Waals surface area (Å²) in [6.07, 6.45) is 4.72. The topological polar surface area (TPSA) is 160 Å². The summed E-state index contributed by atoms with van der Waals surface area (Å²) in [5.41, 5.74) is 2.01. The van der Waals surface area contributed by atoms with Crippen LogP contribution in [0.4, 0.5) is 11.4 Å². The molecule has 0 aliphatic carbocycles. The first kappa shape index (κ1) is 29.2. The first-order valence-electron chi connectivity index (χ1n) is 12.1. The number of sulfonamides is 1. The Morgan fingerprint density at radius 2 is 1.49 bits per heavy atom. The predicted molar refractivity (Wildman–Crippen MR) is 158 cm³/mol. The van der Waals surface area contributed by atoms with Gasteiger partial charge in [-0.15, -0.1) is 11.8 Å². The SMILES string of the molecule is NS(=O)(=O)c1ccc(NC(=O)CSc2ccc(NC(=O)/C(=C/c3cccnc3)NC(=O)c3ccccc3)cc2)cc1. The minimum atomic E-state index is -3.81. The highest BCUT2D eigenvalue weighted by Gasteiger charge is 2.15. The Kier molecular flexibility index (Phi) is 9.64. The van der Waals surface area contributed by atoms with E-state index in [1.165, 1.54) is 42.1 Å². The Hall–Kier alpha value is -4.78. The maximum Gasteiger partial charge on any atom is 0.272 e. The van der Waals surface area contributed by atoms with Crippen molar-refractivity contribution in [1.29, 1.82) is 0 Å². The van der Waals surface area contributed by atoms with E-state index in [-0.39, 0.29) is 22.3 Å². The molecule has 3 aromatic carbocycles. The van der Waals surface area contributed by atoms with E-state index in [9.17, 15) is 22.8 Å². The molecule has 0 radical (unpaired) electrons. The van der Waals surface area contributed by atoms with Gasteiger partial charge in [-0.25, -0.2) is 13.6 Å². The van der Waals surface area contributed by atoms with Gasteiger partial charge in [0.2, 0.25) is 15.9 Å². The smallest absolute Gasteiger partial charge is 0.272 e. The van der Waals surface area contributed by atoms with Crippen molar-refractivity contribution in [2.75, 3.05) is 16.4 Å². The quantitative estimate of drug-likeness (QED) is 0.162. The normalized spacial score (nSPS) is 11.4. The van der Waals surface area contributed by atoms with Crippen molar-refractivity contribution in [1.82, 2.24) is 10.3 Å². The fourth-order valence-electron chi connectivity index (χ4n) is 3.48. The summed E-state index contributed by atoms with van der Waals surface area (Å²) in [5, 5.41) is 13.2. The second kappa shape index (κ2) is 13.5. The van der Waals surface area contributed by atoms with Gasteiger partial charge in [-0.3, -0.25) is 19.4 Å². The number of benzene rings is 3. The van der Waals surface area contributed by atoms with E-state index < -0.39 is 21.8 Å². The van der Waals surface area contributed by atoms with Crippen molar-refractivity contribution in [2.45, 2.75) is 9.79 Å². The number of thioether (sulfide) groups is 1. The van der Waals surface area contributed by atoms with E-state index in [4.69, 9.17) is 5.14 Å². The van der Waals surface area contributed by atoms with Crippen LogP contribution in [0.5, 0.6) is 0 Å².